The van der Waals surface area contributed by atoms with E-state index in [1.807, 2.05) is 0 Å². The van der Waals surface area contributed by atoms with E-state index in [0.29, 0.717) is 6.42 Å². The molecular formula is C9H14O4. The molecule has 0 spiro atoms. The molecule has 74 valence electrons. The Hall–Kier alpha value is -1.32. The van der Waals surface area contributed by atoms with Gasteiger partial charge in [-0.2, -0.15) is 0 Å². The summed E-state index contributed by atoms with van der Waals surface area (Å²) in [5, 5.41) is 0. The standard InChI is InChI=1S/C9H14O4/c1-5-8(13-7(3)10)6(2)9(11)12-4/h8H,2,5H2,1,3-4H3. The summed E-state index contributed by atoms with van der Waals surface area (Å²) in [6, 6.07) is 0. The Labute approximate surface area is 77.5 Å². The number of rotatable bonds is 4. The molecule has 0 heterocycles. The highest BCUT2D eigenvalue weighted by Gasteiger charge is 2.20. The Morgan fingerprint density at radius 1 is 1.46 bits per heavy atom. The molecular weight excluding hydrogens is 172 g/mol. The Balaban J connectivity index is 4.31. The minimum Gasteiger partial charge on any atom is -0.466 e. The molecule has 0 amide bonds. The normalized spacial score (nSPS) is 11.6. The van der Waals surface area contributed by atoms with E-state index >= 15 is 0 Å². The maximum absolute atomic E-state index is 11.0. The zero-order chi connectivity index (χ0) is 10.4. The third-order valence-electron chi connectivity index (χ3n) is 1.52. The molecule has 1 unspecified atom stereocenters. The predicted octanol–water partition coefficient (Wildman–Crippen LogP) is 1.06. The third-order valence-corrected chi connectivity index (χ3v) is 1.52. The van der Waals surface area contributed by atoms with Gasteiger partial charge in [0.1, 0.15) is 6.10 Å². The third kappa shape index (κ3) is 3.73. The molecule has 0 radical (unpaired) electrons. The highest BCUT2D eigenvalue weighted by Crippen LogP contribution is 2.10. The summed E-state index contributed by atoms with van der Waals surface area (Å²) in [5.74, 6) is -0.981. The number of hydrogen-bond acceptors (Lipinski definition) is 4. The van der Waals surface area contributed by atoms with Crippen LogP contribution < -0.4 is 0 Å². The lowest BCUT2D eigenvalue weighted by molar-refractivity contribution is -0.147. The second-order valence-corrected chi connectivity index (χ2v) is 2.52. The second-order valence-electron chi connectivity index (χ2n) is 2.52. The molecule has 4 heteroatoms. The number of hydrogen-bond donors (Lipinski definition) is 0. The molecule has 0 fully saturated rings. The van der Waals surface area contributed by atoms with Crippen molar-refractivity contribution in [2.45, 2.75) is 26.4 Å². The van der Waals surface area contributed by atoms with Crippen LogP contribution in [-0.4, -0.2) is 25.2 Å². The van der Waals surface area contributed by atoms with Gasteiger partial charge in [0.15, 0.2) is 0 Å². The van der Waals surface area contributed by atoms with E-state index < -0.39 is 18.0 Å². The molecule has 0 saturated heterocycles. The van der Waals surface area contributed by atoms with E-state index in [9.17, 15) is 9.59 Å². The number of methoxy groups -OCH3 is 1. The van der Waals surface area contributed by atoms with Gasteiger partial charge in [0, 0.05) is 6.92 Å². The van der Waals surface area contributed by atoms with Crippen LogP contribution in [0.15, 0.2) is 12.2 Å². The molecule has 0 N–H and O–H groups in total. The van der Waals surface area contributed by atoms with Gasteiger partial charge in [-0.15, -0.1) is 0 Å². The van der Waals surface area contributed by atoms with Gasteiger partial charge in [-0.05, 0) is 6.42 Å². The summed E-state index contributed by atoms with van der Waals surface area (Å²) in [5.41, 5.74) is 0.167. The van der Waals surface area contributed by atoms with Crippen LogP contribution in [-0.2, 0) is 19.1 Å². The fraction of sp³-hybridized carbons (Fsp3) is 0.556. The molecule has 13 heavy (non-hydrogen) atoms. The van der Waals surface area contributed by atoms with Crippen molar-refractivity contribution in [3.63, 3.8) is 0 Å². The first-order chi connectivity index (χ1) is 6.02. The van der Waals surface area contributed by atoms with Crippen molar-refractivity contribution in [2.24, 2.45) is 0 Å². The molecule has 1 atom stereocenters. The quantitative estimate of drug-likeness (QED) is 0.486. The van der Waals surface area contributed by atoms with Crippen LogP contribution in [0.3, 0.4) is 0 Å². The van der Waals surface area contributed by atoms with Crippen LogP contribution in [0.5, 0.6) is 0 Å². The molecule has 0 bridgehead atoms. The summed E-state index contributed by atoms with van der Waals surface area (Å²) >= 11 is 0. The summed E-state index contributed by atoms with van der Waals surface area (Å²) in [4.78, 5) is 21.6. The minimum atomic E-state index is -0.579. The molecule has 0 aliphatic rings. The lowest BCUT2D eigenvalue weighted by Crippen LogP contribution is -2.23. The van der Waals surface area contributed by atoms with Crippen molar-refractivity contribution in [3.8, 4) is 0 Å². The zero-order valence-corrected chi connectivity index (χ0v) is 8.12. The average Bonchev–Trinajstić information content (AvgIpc) is 2.11. The van der Waals surface area contributed by atoms with E-state index in [-0.39, 0.29) is 5.57 Å². The van der Waals surface area contributed by atoms with E-state index in [2.05, 4.69) is 11.3 Å². The highest BCUT2D eigenvalue weighted by molar-refractivity contribution is 5.89. The Bertz CT molecular complexity index is 220. The Morgan fingerprint density at radius 3 is 2.31 bits per heavy atom. The van der Waals surface area contributed by atoms with Crippen LogP contribution in [0.2, 0.25) is 0 Å². The average molecular weight is 186 g/mol. The highest BCUT2D eigenvalue weighted by atomic mass is 16.6. The zero-order valence-electron chi connectivity index (χ0n) is 8.12. The molecule has 0 aromatic carbocycles. The largest absolute Gasteiger partial charge is 0.466 e. The summed E-state index contributed by atoms with van der Waals surface area (Å²) < 4.78 is 9.29. The number of carbonyl (C=O) groups excluding carboxylic acids is 2. The fourth-order valence-electron chi connectivity index (χ4n) is 0.864. The lowest BCUT2D eigenvalue weighted by atomic mass is 10.1. The van der Waals surface area contributed by atoms with Gasteiger partial charge in [0.25, 0.3) is 0 Å². The van der Waals surface area contributed by atoms with Gasteiger partial charge < -0.3 is 9.47 Å². The van der Waals surface area contributed by atoms with E-state index in [0.717, 1.165) is 0 Å². The van der Waals surface area contributed by atoms with Gasteiger partial charge in [-0.1, -0.05) is 13.5 Å². The Kier molecular flexibility index (Phi) is 4.80. The van der Waals surface area contributed by atoms with Crippen LogP contribution in [0.1, 0.15) is 20.3 Å². The summed E-state index contributed by atoms with van der Waals surface area (Å²) in [7, 11) is 1.26. The monoisotopic (exact) mass is 186 g/mol. The first-order valence-corrected chi connectivity index (χ1v) is 3.97. The lowest BCUT2D eigenvalue weighted by Gasteiger charge is -2.15. The number of ether oxygens (including phenoxy) is 2. The molecule has 4 nitrogen and oxygen atoms in total. The van der Waals surface area contributed by atoms with Gasteiger partial charge in [0.2, 0.25) is 0 Å². The summed E-state index contributed by atoms with van der Waals surface area (Å²) in [6.07, 6.45) is -0.0713. The minimum absolute atomic E-state index is 0.167. The van der Waals surface area contributed by atoms with Crippen molar-refractivity contribution in [1.82, 2.24) is 0 Å². The van der Waals surface area contributed by atoms with E-state index in [1.54, 1.807) is 6.92 Å². The smallest absolute Gasteiger partial charge is 0.336 e. The molecule has 0 aromatic heterocycles. The van der Waals surface area contributed by atoms with E-state index in [4.69, 9.17) is 4.74 Å². The van der Waals surface area contributed by atoms with Gasteiger partial charge >= 0.3 is 11.9 Å². The maximum atomic E-state index is 11.0. The van der Waals surface area contributed by atoms with Crippen LogP contribution >= 0.6 is 0 Å². The van der Waals surface area contributed by atoms with Crippen LogP contribution in [0, 0.1) is 0 Å². The second kappa shape index (κ2) is 5.35. The maximum Gasteiger partial charge on any atom is 0.336 e. The van der Waals surface area contributed by atoms with Crippen molar-refractivity contribution >= 4 is 11.9 Å². The molecule has 0 aliphatic carbocycles. The first-order valence-electron chi connectivity index (χ1n) is 3.97. The SMILES string of the molecule is C=C(C(=O)OC)C(CC)OC(C)=O. The predicted molar refractivity (Wildman–Crippen MR) is 47.0 cm³/mol. The molecule has 0 aliphatic heterocycles. The van der Waals surface area contributed by atoms with Crippen LogP contribution in [0.25, 0.3) is 0 Å². The number of carbonyl (C=O) groups is 2. The molecule has 0 saturated carbocycles. The molecule has 0 aromatic rings. The topological polar surface area (TPSA) is 52.6 Å². The van der Waals surface area contributed by atoms with Crippen molar-refractivity contribution < 1.29 is 19.1 Å². The van der Waals surface area contributed by atoms with Crippen LogP contribution in [0.4, 0.5) is 0 Å². The van der Waals surface area contributed by atoms with Gasteiger partial charge in [0.05, 0.1) is 12.7 Å². The van der Waals surface area contributed by atoms with Crippen molar-refractivity contribution in [1.29, 1.82) is 0 Å². The molecule has 0 rings (SSSR count). The number of esters is 2. The van der Waals surface area contributed by atoms with E-state index in [1.165, 1.54) is 14.0 Å². The van der Waals surface area contributed by atoms with Crippen molar-refractivity contribution in [3.05, 3.63) is 12.2 Å². The first kappa shape index (κ1) is 11.7. The Morgan fingerprint density at radius 2 is 2.00 bits per heavy atom. The fourth-order valence-corrected chi connectivity index (χ4v) is 0.864. The summed E-state index contributed by atoms with van der Waals surface area (Å²) in [6.45, 7) is 6.58. The van der Waals surface area contributed by atoms with Gasteiger partial charge in [-0.3, -0.25) is 4.79 Å². The van der Waals surface area contributed by atoms with Crippen molar-refractivity contribution in [2.75, 3.05) is 7.11 Å². The van der Waals surface area contributed by atoms with Gasteiger partial charge in [-0.25, -0.2) is 4.79 Å².